The number of likely N-dealkylation sites (N-methyl/N-ethyl adjacent to an activating group) is 1. The predicted molar refractivity (Wildman–Crippen MR) is 137 cm³/mol. The summed E-state index contributed by atoms with van der Waals surface area (Å²) in [6, 6.07) is 11.7. The number of carbonyl (C=O) groups excluding carboxylic acids is 3. The van der Waals surface area contributed by atoms with Crippen LogP contribution in [-0.2, 0) is 18.4 Å². The van der Waals surface area contributed by atoms with Crippen molar-refractivity contribution in [1.82, 2.24) is 19.3 Å². The van der Waals surface area contributed by atoms with Crippen molar-refractivity contribution in [3.63, 3.8) is 0 Å². The number of aromatic nitrogens is 1. The number of aryl methyl sites for hydroxylation is 1. The van der Waals surface area contributed by atoms with Gasteiger partial charge in [0.05, 0.1) is 5.56 Å². The third-order valence-electron chi connectivity index (χ3n) is 7.24. The third-order valence-corrected chi connectivity index (χ3v) is 7.24. The molecule has 2 unspecified atom stereocenters. The second-order valence-corrected chi connectivity index (χ2v) is 9.99. The molecule has 1 aliphatic heterocycles. The van der Waals surface area contributed by atoms with E-state index in [-0.39, 0.29) is 29.4 Å². The minimum absolute atomic E-state index is 0.0380. The molecule has 190 valence electrons. The summed E-state index contributed by atoms with van der Waals surface area (Å²) in [6.07, 6.45) is 0. The number of nitrogens with zero attached hydrogens (tertiary/aromatic N) is 4. The summed E-state index contributed by atoms with van der Waals surface area (Å²) in [5.74, 6) is -1.53. The first-order valence-corrected chi connectivity index (χ1v) is 12.1. The van der Waals surface area contributed by atoms with E-state index in [4.69, 9.17) is 0 Å². The van der Waals surface area contributed by atoms with Gasteiger partial charge < -0.3 is 14.4 Å². The molecule has 4 rings (SSSR count). The number of carbonyl (C=O) groups is 3. The largest absolute Gasteiger partial charge is 0.347 e. The molecule has 0 bridgehead atoms. The second kappa shape index (κ2) is 9.85. The van der Waals surface area contributed by atoms with Crippen molar-refractivity contribution in [2.24, 2.45) is 7.05 Å². The van der Waals surface area contributed by atoms with E-state index in [9.17, 15) is 18.8 Å². The van der Waals surface area contributed by atoms with E-state index in [1.165, 1.54) is 17.0 Å². The van der Waals surface area contributed by atoms with Gasteiger partial charge in [-0.2, -0.15) is 0 Å². The number of Topliss-reactive ketones (excluding diaryl/α,β-unsaturated/α-hetero) is 1. The number of fused-ring (bicyclic) bond motifs is 1. The summed E-state index contributed by atoms with van der Waals surface area (Å²) in [4.78, 5) is 44.3. The van der Waals surface area contributed by atoms with Crippen LogP contribution in [0.25, 0.3) is 10.9 Å². The Morgan fingerprint density at radius 1 is 1.00 bits per heavy atom. The Morgan fingerprint density at radius 3 is 2.31 bits per heavy atom. The van der Waals surface area contributed by atoms with Crippen LogP contribution in [0.4, 0.5) is 4.39 Å². The van der Waals surface area contributed by atoms with Crippen LogP contribution in [0.5, 0.6) is 0 Å². The number of hydrogen-bond acceptors (Lipinski definition) is 4. The van der Waals surface area contributed by atoms with E-state index in [0.717, 1.165) is 16.8 Å². The van der Waals surface area contributed by atoms with Crippen molar-refractivity contribution in [1.29, 1.82) is 0 Å². The molecule has 0 saturated carbocycles. The molecule has 0 aliphatic carbocycles. The normalized spacial score (nSPS) is 18.5. The van der Waals surface area contributed by atoms with Crippen molar-refractivity contribution < 1.29 is 18.8 Å². The van der Waals surface area contributed by atoms with Crippen LogP contribution < -0.4 is 0 Å². The molecule has 0 N–H and O–H groups in total. The standard InChI is InChI=1S/C28H33FN4O3/c1-17-15-33(18(2)14-32(17)16-20-7-10-22(29)11-8-20)27(35)25-19(3)31(6)24-12-9-21(13-23(24)25)26(34)28(36)30(4)5/h7-13,17-18H,14-16H2,1-6H3. The smallest absolute Gasteiger partial charge is 0.294 e. The molecule has 8 heteroatoms. The Balaban J connectivity index is 1.62. The number of hydrogen-bond donors (Lipinski definition) is 0. The lowest BCUT2D eigenvalue weighted by Gasteiger charge is -2.44. The van der Waals surface area contributed by atoms with Crippen LogP contribution >= 0.6 is 0 Å². The number of rotatable bonds is 5. The van der Waals surface area contributed by atoms with Crippen molar-refractivity contribution in [3.05, 3.63) is 70.7 Å². The zero-order chi connectivity index (χ0) is 26.3. The third kappa shape index (κ3) is 4.65. The molecule has 2 amide bonds. The highest BCUT2D eigenvalue weighted by Gasteiger charge is 2.34. The fourth-order valence-corrected chi connectivity index (χ4v) is 4.98. The van der Waals surface area contributed by atoms with Gasteiger partial charge in [-0.25, -0.2) is 4.39 Å². The monoisotopic (exact) mass is 492 g/mol. The van der Waals surface area contributed by atoms with Crippen LogP contribution in [0.2, 0.25) is 0 Å². The van der Waals surface area contributed by atoms with E-state index in [0.29, 0.717) is 30.6 Å². The summed E-state index contributed by atoms with van der Waals surface area (Å²) in [5, 5.41) is 0.672. The lowest BCUT2D eigenvalue weighted by Crippen LogP contribution is -2.57. The number of ketones is 1. The molecule has 36 heavy (non-hydrogen) atoms. The molecule has 0 spiro atoms. The first-order chi connectivity index (χ1) is 17.0. The number of benzene rings is 2. The van der Waals surface area contributed by atoms with Crippen molar-refractivity contribution >= 4 is 28.5 Å². The number of halogens is 1. The first-order valence-electron chi connectivity index (χ1n) is 12.1. The van der Waals surface area contributed by atoms with Crippen molar-refractivity contribution in [2.75, 3.05) is 27.2 Å². The minimum atomic E-state index is -0.602. The highest BCUT2D eigenvalue weighted by Crippen LogP contribution is 2.30. The van der Waals surface area contributed by atoms with E-state index >= 15 is 0 Å². The zero-order valence-corrected chi connectivity index (χ0v) is 21.7. The Labute approximate surface area is 211 Å². The molecule has 1 fully saturated rings. The molecule has 3 aromatic rings. The lowest BCUT2D eigenvalue weighted by atomic mass is 10.0. The lowest BCUT2D eigenvalue weighted by molar-refractivity contribution is -0.124. The molecule has 2 heterocycles. The predicted octanol–water partition coefficient (Wildman–Crippen LogP) is 3.63. The van der Waals surface area contributed by atoms with Gasteiger partial charge in [-0.05, 0) is 56.7 Å². The number of amides is 2. The Hall–Kier alpha value is -3.52. The van der Waals surface area contributed by atoms with Crippen molar-refractivity contribution in [2.45, 2.75) is 39.4 Å². The SMILES string of the molecule is Cc1c(C(=O)N2CC(C)N(Cc3ccc(F)cc3)CC2C)c2cc(C(=O)C(=O)N(C)C)ccc2n1C. The van der Waals surface area contributed by atoms with Crippen LogP contribution in [-0.4, -0.2) is 76.1 Å². The molecule has 7 nitrogen and oxygen atoms in total. The topological polar surface area (TPSA) is 65.9 Å². The molecule has 2 aromatic carbocycles. The summed E-state index contributed by atoms with van der Waals surface area (Å²) < 4.78 is 15.2. The maximum absolute atomic E-state index is 13.9. The summed E-state index contributed by atoms with van der Waals surface area (Å²) in [5.41, 5.74) is 3.51. The molecule has 1 aromatic heterocycles. The van der Waals surface area contributed by atoms with Gasteiger partial charge in [0.25, 0.3) is 11.8 Å². The fraction of sp³-hybridized carbons (Fsp3) is 0.393. The van der Waals surface area contributed by atoms with Gasteiger partial charge in [0.15, 0.2) is 0 Å². The molecule has 1 aliphatic rings. The van der Waals surface area contributed by atoms with E-state index < -0.39 is 11.7 Å². The molecular formula is C28H33FN4O3. The van der Waals surface area contributed by atoms with Gasteiger partial charge in [0.1, 0.15) is 5.82 Å². The maximum Gasteiger partial charge on any atom is 0.294 e. The minimum Gasteiger partial charge on any atom is -0.347 e. The Kier molecular flexibility index (Phi) is 7.00. The Bertz CT molecular complexity index is 1330. The average Bonchev–Trinajstić information content (AvgIpc) is 3.10. The summed E-state index contributed by atoms with van der Waals surface area (Å²) in [6.45, 7) is 7.96. The summed E-state index contributed by atoms with van der Waals surface area (Å²) >= 11 is 0. The van der Waals surface area contributed by atoms with E-state index in [2.05, 4.69) is 11.8 Å². The maximum atomic E-state index is 13.9. The fourth-order valence-electron chi connectivity index (χ4n) is 4.98. The van der Waals surface area contributed by atoms with Gasteiger partial charge in [-0.1, -0.05) is 12.1 Å². The highest BCUT2D eigenvalue weighted by atomic mass is 19.1. The Morgan fingerprint density at radius 2 is 1.67 bits per heavy atom. The quantitative estimate of drug-likeness (QED) is 0.403. The van der Waals surface area contributed by atoms with Crippen LogP contribution in [0.1, 0.15) is 45.8 Å². The van der Waals surface area contributed by atoms with E-state index in [1.54, 1.807) is 44.4 Å². The summed E-state index contributed by atoms with van der Waals surface area (Å²) in [7, 11) is 4.98. The molecule has 1 saturated heterocycles. The van der Waals surface area contributed by atoms with Gasteiger partial charge in [0.2, 0.25) is 5.78 Å². The van der Waals surface area contributed by atoms with Crippen molar-refractivity contribution in [3.8, 4) is 0 Å². The molecule has 0 radical (unpaired) electrons. The van der Waals surface area contributed by atoms with Gasteiger partial charge in [0, 0.05) is 75.0 Å². The molecular weight excluding hydrogens is 459 g/mol. The average molecular weight is 493 g/mol. The van der Waals surface area contributed by atoms with Gasteiger partial charge >= 0.3 is 0 Å². The van der Waals surface area contributed by atoms with Crippen LogP contribution in [0, 0.1) is 12.7 Å². The second-order valence-electron chi connectivity index (χ2n) is 9.99. The highest BCUT2D eigenvalue weighted by molar-refractivity contribution is 6.43. The van der Waals surface area contributed by atoms with Gasteiger partial charge in [-0.3, -0.25) is 19.3 Å². The van der Waals surface area contributed by atoms with Crippen LogP contribution in [0.15, 0.2) is 42.5 Å². The number of piperazine rings is 1. The molecule has 2 atom stereocenters. The van der Waals surface area contributed by atoms with Crippen LogP contribution in [0.3, 0.4) is 0 Å². The van der Waals surface area contributed by atoms with Gasteiger partial charge in [-0.15, -0.1) is 0 Å². The zero-order valence-electron chi connectivity index (χ0n) is 21.7. The first kappa shape index (κ1) is 25.6. The van der Waals surface area contributed by atoms with E-state index in [1.807, 2.05) is 30.4 Å².